The van der Waals surface area contributed by atoms with Crippen LogP contribution in [0.5, 0.6) is 11.5 Å². The van der Waals surface area contributed by atoms with E-state index in [2.05, 4.69) is 20.5 Å². The lowest BCUT2D eigenvalue weighted by atomic mass is 10.1. The van der Waals surface area contributed by atoms with Crippen molar-refractivity contribution in [2.24, 2.45) is 0 Å². The molecule has 1 aromatic heterocycles. The van der Waals surface area contributed by atoms with Crippen LogP contribution in [0.15, 0.2) is 85.2 Å². The Bertz CT molecular complexity index is 1310. The minimum Gasteiger partial charge on any atom is -0.492 e. The second-order valence-corrected chi connectivity index (χ2v) is 9.16. The molecule has 2 N–H and O–H groups in total. The van der Waals surface area contributed by atoms with Crippen molar-refractivity contribution >= 4 is 28.2 Å². The number of rotatable bonds is 9. The van der Waals surface area contributed by atoms with Gasteiger partial charge in [-0.3, -0.25) is 9.88 Å². The number of carbonyl (C=O) groups is 1. The largest absolute Gasteiger partial charge is 0.492 e. The number of urea groups is 1. The Balaban J connectivity index is 1.17. The first kappa shape index (κ1) is 24.6. The molecular formula is C30H32N4O3. The second kappa shape index (κ2) is 12.2. The number of nitrogens with zero attached hydrogens (tertiary/aromatic N) is 2. The van der Waals surface area contributed by atoms with Gasteiger partial charge in [-0.25, -0.2) is 4.79 Å². The molecule has 0 unspecified atom stereocenters. The van der Waals surface area contributed by atoms with Gasteiger partial charge in [0.2, 0.25) is 0 Å². The summed E-state index contributed by atoms with van der Waals surface area (Å²) in [6.07, 6.45) is 7.21. The molecule has 1 fully saturated rings. The molecule has 37 heavy (non-hydrogen) atoms. The maximum absolute atomic E-state index is 12.5. The Morgan fingerprint density at radius 1 is 0.811 bits per heavy atom. The van der Waals surface area contributed by atoms with Crippen LogP contribution < -0.4 is 20.1 Å². The number of nitrogens with one attached hydrogen (secondary N) is 2. The Morgan fingerprint density at radius 3 is 2.35 bits per heavy atom. The number of ether oxygens (including phenoxy) is 2. The first-order valence-electron chi connectivity index (χ1n) is 12.8. The van der Waals surface area contributed by atoms with Gasteiger partial charge < -0.3 is 20.1 Å². The predicted octanol–water partition coefficient (Wildman–Crippen LogP) is 6.32. The monoisotopic (exact) mass is 496 g/mol. The molecule has 4 aromatic rings. The molecule has 2 heterocycles. The highest BCUT2D eigenvalue weighted by Gasteiger charge is 2.11. The first-order chi connectivity index (χ1) is 18.2. The Labute approximate surface area is 217 Å². The summed E-state index contributed by atoms with van der Waals surface area (Å²) in [5, 5.41) is 7.59. The maximum atomic E-state index is 12.5. The molecule has 1 saturated heterocycles. The van der Waals surface area contributed by atoms with Gasteiger partial charge in [-0.05, 0) is 67.9 Å². The number of likely N-dealkylation sites (tertiary alicyclic amines) is 1. The third-order valence-electron chi connectivity index (χ3n) is 6.51. The van der Waals surface area contributed by atoms with Gasteiger partial charge in [-0.2, -0.15) is 0 Å². The fourth-order valence-electron chi connectivity index (χ4n) is 4.54. The Morgan fingerprint density at radius 2 is 1.57 bits per heavy atom. The molecule has 0 aliphatic carbocycles. The van der Waals surface area contributed by atoms with Crippen molar-refractivity contribution in [3.63, 3.8) is 0 Å². The number of benzene rings is 3. The zero-order valence-corrected chi connectivity index (χ0v) is 20.9. The van der Waals surface area contributed by atoms with E-state index >= 15 is 0 Å². The number of aromatic nitrogens is 1. The minimum absolute atomic E-state index is 0.316. The molecule has 2 amide bonds. The standard InChI is InChI=1S/C30H32N4O3/c35-30(32-24-14-16-31-17-15-24)33-28-12-13-29(27-7-3-2-6-26(27)28)37-22-23-8-10-25(11-9-23)36-21-20-34-18-4-1-5-19-34/h2-3,6-17H,1,4-5,18-22H2,(H2,31,32,33,35). The zero-order valence-electron chi connectivity index (χ0n) is 20.9. The van der Waals surface area contributed by atoms with Crippen LogP contribution in [0.1, 0.15) is 24.8 Å². The van der Waals surface area contributed by atoms with E-state index in [4.69, 9.17) is 9.47 Å². The summed E-state index contributed by atoms with van der Waals surface area (Å²) >= 11 is 0. The smallest absolute Gasteiger partial charge is 0.323 e. The molecule has 0 bridgehead atoms. The molecule has 190 valence electrons. The van der Waals surface area contributed by atoms with Gasteiger partial charge in [0.1, 0.15) is 24.7 Å². The molecule has 0 radical (unpaired) electrons. The fourth-order valence-corrected chi connectivity index (χ4v) is 4.54. The first-order valence-corrected chi connectivity index (χ1v) is 12.8. The van der Waals surface area contributed by atoms with Crippen molar-refractivity contribution < 1.29 is 14.3 Å². The Hall–Kier alpha value is -4.10. The van der Waals surface area contributed by atoms with E-state index < -0.39 is 0 Å². The van der Waals surface area contributed by atoms with Gasteiger partial charge in [0.05, 0.1) is 5.69 Å². The van der Waals surface area contributed by atoms with Gasteiger partial charge in [0, 0.05) is 35.4 Å². The van der Waals surface area contributed by atoms with Crippen molar-refractivity contribution in [3.05, 3.63) is 90.8 Å². The van der Waals surface area contributed by atoms with Gasteiger partial charge >= 0.3 is 6.03 Å². The number of hydrogen-bond acceptors (Lipinski definition) is 5. The molecular weight excluding hydrogens is 464 g/mol. The molecule has 7 nitrogen and oxygen atoms in total. The normalized spacial score (nSPS) is 13.7. The van der Waals surface area contributed by atoms with Gasteiger partial charge in [-0.15, -0.1) is 0 Å². The highest BCUT2D eigenvalue weighted by molar-refractivity contribution is 6.07. The topological polar surface area (TPSA) is 75.7 Å². The van der Waals surface area contributed by atoms with E-state index in [1.165, 1.54) is 32.4 Å². The number of anilines is 2. The lowest BCUT2D eigenvalue weighted by Crippen LogP contribution is -2.33. The fraction of sp³-hybridized carbons (Fsp3) is 0.267. The van der Waals surface area contributed by atoms with Crippen LogP contribution >= 0.6 is 0 Å². The number of fused-ring (bicyclic) bond motifs is 1. The number of pyridine rings is 1. The van der Waals surface area contributed by atoms with Crippen LogP contribution in [0.2, 0.25) is 0 Å². The maximum Gasteiger partial charge on any atom is 0.323 e. The molecule has 0 spiro atoms. The molecule has 1 aliphatic heterocycles. The average Bonchev–Trinajstić information content (AvgIpc) is 2.94. The van der Waals surface area contributed by atoms with E-state index in [1.807, 2.05) is 60.7 Å². The summed E-state index contributed by atoms with van der Waals surface area (Å²) in [5.74, 6) is 1.64. The summed E-state index contributed by atoms with van der Waals surface area (Å²) in [6, 6.07) is 22.9. The Kier molecular flexibility index (Phi) is 8.13. The summed E-state index contributed by atoms with van der Waals surface area (Å²) in [7, 11) is 0. The van der Waals surface area contributed by atoms with Crippen LogP contribution in [0, 0.1) is 0 Å². The molecule has 0 atom stereocenters. The van der Waals surface area contributed by atoms with Crippen LogP contribution in [-0.4, -0.2) is 42.2 Å². The highest BCUT2D eigenvalue weighted by atomic mass is 16.5. The zero-order chi connectivity index (χ0) is 25.3. The van der Waals surface area contributed by atoms with E-state index in [0.717, 1.165) is 34.4 Å². The molecule has 1 aliphatic rings. The lowest BCUT2D eigenvalue weighted by molar-refractivity contribution is 0.183. The van der Waals surface area contributed by atoms with Crippen LogP contribution in [0.4, 0.5) is 16.2 Å². The van der Waals surface area contributed by atoms with Crippen molar-refractivity contribution in [1.29, 1.82) is 0 Å². The summed E-state index contributed by atoms with van der Waals surface area (Å²) in [4.78, 5) is 19.0. The third kappa shape index (κ3) is 6.77. The number of piperidine rings is 1. The van der Waals surface area contributed by atoms with Crippen molar-refractivity contribution in [1.82, 2.24) is 9.88 Å². The lowest BCUT2D eigenvalue weighted by Gasteiger charge is -2.26. The SMILES string of the molecule is O=C(Nc1ccncc1)Nc1ccc(OCc2ccc(OCCN3CCCCC3)cc2)c2ccccc12. The van der Waals surface area contributed by atoms with Crippen LogP contribution in [-0.2, 0) is 6.61 Å². The second-order valence-electron chi connectivity index (χ2n) is 9.16. The van der Waals surface area contributed by atoms with Gasteiger partial charge in [0.15, 0.2) is 0 Å². The number of carbonyl (C=O) groups excluding carboxylic acids is 1. The van der Waals surface area contributed by atoms with Crippen molar-refractivity contribution in [2.45, 2.75) is 25.9 Å². The summed E-state index contributed by atoms with van der Waals surface area (Å²) < 4.78 is 12.1. The average molecular weight is 497 g/mol. The van der Waals surface area contributed by atoms with Gasteiger partial charge in [0.25, 0.3) is 0 Å². The van der Waals surface area contributed by atoms with E-state index in [1.54, 1.807) is 24.5 Å². The molecule has 7 heteroatoms. The van der Waals surface area contributed by atoms with E-state index in [9.17, 15) is 4.79 Å². The van der Waals surface area contributed by atoms with Crippen LogP contribution in [0.3, 0.4) is 0 Å². The van der Waals surface area contributed by atoms with Crippen molar-refractivity contribution in [2.75, 3.05) is 36.9 Å². The van der Waals surface area contributed by atoms with Crippen molar-refractivity contribution in [3.8, 4) is 11.5 Å². The minimum atomic E-state index is -0.316. The van der Waals surface area contributed by atoms with Crippen LogP contribution in [0.25, 0.3) is 10.8 Å². The van der Waals surface area contributed by atoms with E-state index in [-0.39, 0.29) is 6.03 Å². The van der Waals surface area contributed by atoms with E-state index in [0.29, 0.717) is 24.6 Å². The summed E-state index contributed by atoms with van der Waals surface area (Å²) in [5.41, 5.74) is 2.45. The number of amides is 2. The highest BCUT2D eigenvalue weighted by Crippen LogP contribution is 2.32. The van der Waals surface area contributed by atoms with Gasteiger partial charge in [-0.1, -0.05) is 42.8 Å². The number of hydrogen-bond donors (Lipinski definition) is 2. The summed E-state index contributed by atoms with van der Waals surface area (Å²) in [6.45, 7) is 4.50. The molecule has 3 aromatic carbocycles. The quantitative estimate of drug-likeness (QED) is 0.283. The molecule has 5 rings (SSSR count). The molecule has 0 saturated carbocycles. The third-order valence-corrected chi connectivity index (χ3v) is 6.51. The predicted molar refractivity (Wildman–Crippen MR) is 147 cm³/mol.